The minimum Gasteiger partial charge on any atom is -0.121 e. The molecule has 0 fully saturated rings. The zero-order chi connectivity index (χ0) is 32.8. The van der Waals surface area contributed by atoms with Crippen LogP contribution < -0.4 is 0 Å². The van der Waals surface area contributed by atoms with E-state index in [0.717, 1.165) is 0 Å². The lowest BCUT2D eigenvalue weighted by Crippen LogP contribution is -1.89. The molecule has 0 nitrogen and oxygen atoms in total. The summed E-state index contributed by atoms with van der Waals surface area (Å²) < 4.78 is 16.7. The highest BCUT2D eigenvalue weighted by atomic mass is 32.3. The summed E-state index contributed by atoms with van der Waals surface area (Å²) >= 11 is 30.3. The molecule has 0 spiro atoms. The first-order valence-electron chi connectivity index (χ1n) is 13.1. The minimum absolute atomic E-state index is 1.27. The second-order valence-corrected chi connectivity index (χ2v) is 26.6. The van der Waals surface area contributed by atoms with Gasteiger partial charge in [0.05, 0.1) is 50.8 Å². The molecule has 4 heterocycles. The molecule has 5 rings (SSSR count). The van der Waals surface area contributed by atoms with Gasteiger partial charge in [0.2, 0.25) is 0 Å². The molecule has 46 heavy (non-hydrogen) atoms. The number of hydrogen-bond donors (Lipinski definition) is 0. The molecule has 0 aliphatic carbocycles. The van der Waals surface area contributed by atoms with E-state index >= 15 is 0 Å². The van der Waals surface area contributed by atoms with Gasteiger partial charge in [0.15, 0.2) is 0 Å². The molecule has 0 bridgehead atoms. The Bertz CT molecular complexity index is 1410. The molecular formula is C30H30S16. The van der Waals surface area contributed by atoms with Gasteiger partial charge in [0.25, 0.3) is 0 Å². The van der Waals surface area contributed by atoms with Crippen molar-refractivity contribution in [2.75, 3.05) is 50.0 Å². The molecule has 0 aromatic heterocycles. The molecule has 0 saturated heterocycles. The molecule has 0 atom stereocenters. The van der Waals surface area contributed by atoms with Crippen LogP contribution in [0.15, 0.2) is 87.3 Å². The first-order chi connectivity index (χ1) is 22.4. The number of allylic oxidation sites excluding steroid dienone is 4. The van der Waals surface area contributed by atoms with Crippen molar-refractivity contribution in [1.29, 1.82) is 0 Å². The first-order valence-corrected chi connectivity index (χ1v) is 29.5. The maximum atomic E-state index is 2.44. The van der Waals surface area contributed by atoms with Crippen molar-refractivity contribution in [2.45, 2.75) is 0 Å². The smallest absolute Gasteiger partial charge is 0.0657 e. The van der Waals surface area contributed by atoms with E-state index in [1.54, 1.807) is 0 Å². The Morgan fingerprint density at radius 3 is 0.804 bits per heavy atom. The van der Waals surface area contributed by atoms with E-state index in [9.17, 15) is 0 Å². The molecular weight excluding hydrogens is 873 g/mol. The van der Waals surface area contributed by atoms with Crippen LogP contribution in [0.1, 0.15) is 11.1 Å². The lowest BCUT2D eigenvalue weighted by Gasteiger charge is -2.12. The predicted octanol–water partition coefficient (Wildman–Crippen LogP) is 16.0. The van der Waals surface area contributed by atoms with E-state index < -0.39 is 0 Å². The number of benzene rings is 1. The van der Waals surface area contributed by atoms with Crippen LogP contribution in [0.5, 0.6) is 0 Å². The van der Waals surface area contributed by atoms with Gasteiger partial charge in [-0.25, -0.2) is 0 Å². The molecule has 0 radical (unpaired) electrons. The molecule has 0 N–H and O–H groups in total. The molecule has 0 amide bonds. The fraction of sp³-hybridized carbons (Fsp3) is 0.267. The normalized spacial score (nSPS) is 18.8. The van der Waals surface area contributed by atoms with Crippen LogP contribution in [0.25, 0.3) is 11.1 Å². The van der Waals surface area contributed by atoms with Gasteiger partial charge in [-0.3, -0.25) is 0 Å². The zero-order valence-electron chi connectivity index (χ0n) is 26.0. The third-order valence-electron chi connectivity index (χ3n) is 6.14. The monoisotopic (exact) mass is 902 g/mol. The lowest BCUT2D eigenvalue weighted by atomic mass is 10.0. The van der Waals surface area contributed by atoms with E-state index in [-0.39, 0.29) is 0 Å². The lowest BCUT2D eigenvalue weighted by molar-refractivity contribution is 1.57. The van der Waals surface area contributed by atoms with Crippen LogP contribution in [0.2, 0.25) is 0 Å². The van der Waals surface area contributed by atoms with Crippen LogP contribution >= 0.6 is 188 Å². The maximum Gasteiger partial charge on any atom is 0.0657 e. The van der Waals surface area contributed by atoms with Crippen molar-refractivity contribution in [3.05, 3.63) is 98.4 Å². The molecule has 0 saturated carbocycles. The highest BCUT2D eigenvalue weighted by Crippen LogP contribution is 2.62. The number of rotatable bonds is 12. The molecule has 16 heteroatoms. The standard InChI is InChI=1S/C30H30S16/c1-31-23-24(32-2)40-19(39-23)13-17(21-43-27(35-5)28(36-6)44-21)15-9-11-16(12-10-15)18(22-45-29(37-7)30(38-8)46-22)14-20-41-25(33-3)26(34-4)42-20/h9-14H,1-8H3. The average Bonchev–Trinajstić information content (AvgIpc) is 3.89. The van der Waals surface area contributed by atoms with E-state index in [1.165, 1.54) is 73.1 Å². The Balaban J connectivity index is 1.54. The van der Waals surface area contributed by atoms with Crippen LogP contribution in [-0.2, 0) is 0 Å². The Labute approximate surface area is 343 Å². The van der Waals surface area contributed by atoms with Crippen molar-refractivity contribution >= 4 is 199 Å². The SMILES string of the molecule is CSC1=C(SC)SC(=CC(=C2SC(SC)=C(SC)S2)c2ccc(C(C=C3SC(SC)=C(SC)S3)=C3SC(SC)=C(SC)S3)cc2)S1. The summed E-state index contributed by atoms with van der Waals surface area (Å²) in [4.78, 5) is 0. The highest BCUT2D eigenvalue weighted by Gasteiger charge is 2.28. The zero-order valence-corrected chi connectivity index (χ0v) is 39.1. The highest BCUT2D eigenvalue weighted by molar-refractivity contribution is 8.42. The summed E-state index contributed by atoms with van der Waals surface area (Å²) in [6.45, 7) is 0. The molecule has 0 unspecified atom stereocenters. The van der Waals surface area contributed by atoms with Gasteiger partial charge in [-0.05, 0) is 73.3 Å². The molecule has 1 aromatic carbocycles. The van der Waals surface area contributed by atoms with Gasteiger partial charge in [-0.1, -0.05) is 118 Å². The summed E-state index contributed by atoms with van der Waals surface area (Å²) in [5, 5.41) is 0. The van der Waals surface area contributed by atoms with Crippen molar-refractivity contribution in [3.63, 3.8) is 0 Å². The van der Waals surface area contributed by atoms with Gasteiger partial charge in [0, 0.05) is 11.1 Å². The maximum absolute atomic E-state index is 2.44. The van der Waals surface area contributed by atoms with Crippen molar-refractivity contribution in [3.8, 4) is 0 Å². The number of thioether (sulfide) groups is 16. The predicted molar refractivity (Wildman–Crippen MR) is 253 cm³/mol. The Morgan fingerprint density at radius 1 is 0.370 bits per heavy atom. The third kappa shape index (κ3) is 9.64. The minimum atomic E-state index is 1.27. The fourth-order valence-electron chi connectivity index (χ4n) is 4.04. The van der Waals surface area contributed by atoms with Crippen molar-refractivity contribution in [2.24, 2.45) is 0 Å². The Kier molecular flexibility index (Phi) is 17.1. The van der Waals surface area contributed by atoms with Gasteiger partial charge >= 0.3 is 0 Å². The van der Waals surface area contributed by atoms with E-state index in [4.69, 9.17) is 0 Å². The van der Waals surface area contributed by atoms with Gasteiger partial charge < -0.3 is 0 Å². The number of hydrogen-bond acceptors (Lipinski definition) is 16. The van der Waals surface area contributed by atoms with Crippen LogP contribution in [0, 0.1) is 0 Å². The van der Waals surface area contributed by atoms with Crippen molar-refractivity contribution in [1.82, 2.24) is 0 Å². The van der Waals surface area contributed by atoms with Gasteiger partial charge in [0.1, 0.15) is 0 Å². The Hall–Kier alpha value is 2.74. The Morgan fingerprint density at radius 2 is 0.587 bits per heavy atom. The average molecular weight is 904 g/mol. The van der Waals surface area contributed by atoms with Crippen LogP contribution in [0.4, 0.5) is 0 Å². The summed E-state index contributed by atoms with van der Waals surface area (Å²) in [5.74, 6) is 0. The first kappa shape index (κ1) is 39.9. The van der Waals surface area contributed by atoms with E-state index in [1.807, 2.05) is 188 Å². The second-order valence-electron chi connectivity index (χ2n) is 8.66. The molecule has 246 valence electrons. The largest absolute Gasteiger partial charge is 0.121 e. The third-order valence-corrected chi connectivity index (χ3v) is 26.8. The fourth-order valence-corrected chi connectivity index (χ4v) is 24.0. The van der Waals surface area contributed by atoms with Crippen molar-refractivity contribution < 1.29 is 0 Å². The van der Waals surface area contributed by atoms with Crippen LogP contribution in [0.3, 0.4) is 0 Å². The van der Waals surface area contributed by atoms with Gasteiger partial charge in [-0.2, -0.15) is 0 Å². The summed E-state index contributed by atoms with van der Waals surface area (Å²) in [6, 6.07) is 9.40. The topological polar surface area (TPSA) is 0 Å². The summed E-state index contributed by atoms with van der Waals surface area (Å²) in [6.07, 6.45) is 22.4. The van der Waals surface area contributed by atoms with E-state index in [2.05, 4.69) is 86.5 Å². The summed E-state index contributed by atoms with van der Waals surface area (Å²) in [5.41, 5.74) is 5.19. The molecule has 4 aliphatic rings. The molecule has 4 aliphatic heterocycles. The summed E-state index contributed by atoms with van der Waals surface area (Å²) in [7, 11) is 0. The van der Waals surface area contributed by atoms with Gasteiger partial charge in [-0.15, -0.1) is 94.1 Å². The second kappa shape index (κ2) is 19.7. The van der Waals surface area contributed by atoms with E-state index in [0.29, 0.717) is 0 Å². The molecule has 1 aromatic rings. The quantitative estimate of drug-likeness (QED) is 0.195. The van der Waals surface area contributed by atoms with Crippen LogP contribution in [-0.4, -0.2) is 50.0 Å².